The number of H-pyrrole nitrogens is 1. The lowest BCUT2D eigenvalue weighted by molar-refractivity contribution is -0.118. The highest BCUT2D eigenvalue weighted by Crippen LogP contribution is 2.26. The summed E-state index contributed by atoms with van der Waals surface area (Å²) in [7, 11) is -2.47. The van der Waals surface area contributed by atoms with E-state index in [0.717, 1.165) is 4.31 Å². The van der Waals surface area contributed by atoms with Gasteiger partial charge in [-0.25, -0.2) is 8.42 Å². The Kier molecular flexibility index (Phi) is 3.21. The SMILES string of the molecule is CN(CC(N)=O)S(=O)(=O)c1c[nH]c2cc(N)ccc12. The fourth-order valence-corrected chi connectivity index (χ4v) is 3.10. The number of likely N-dealkylation sites (N-methyl/N-ethyl adjacent to an activating group) is 1. The molecule has 0 radical (unpaired) electrons. The van der Waals surface area contributed by atoms with E-state index in [-0.39, 0.29) is 11.4 Å². The molecule has 19 heavy (non-hydrogen) atoms. The summed E-state index contributed by atoms with van der Waals surface area (Å²) in [6.45, 7) is -0.371. The molecular formula is C11H14N4O3S. The molecule has 1 heterocycles. The van der Waals surface area contributed by atoms with E-state index in [1.807, 2.05) is 0 Å². The molecule has 0 fully saturated rings. The number of primary amides is 1. The molecule has 0 atom stereocenters. The molecule has 102 valence electrons. The van der Waals surface area contributed by atoms with Gasteiger partial charge in [-0.1, -0.05) is 0 Å². The molecule has 0 bridgehead atoms. The minimum Gasteiger partial charge on any atom is -0.399 e. The third kappa shape index (κ3) is 2.40. The van der Waals surface area contributed by atoms with E-state index in [2.05, 4.69) is 4.98 Å². The number of aromatic amines is 1. The summed E-state index contributed by atoms with van der Waals surface area (Å²) in [6, 6.07) is 4.87. The van der Waals surface area contributed by atoms with E-state index in [9.17, 15) is 13.2 Å². The molecule has 5 N–H and O–H groups in total. The second kappa shape index (κ2) is 4.56. The standard InChI is InChI=1S/C11H14N4O3S/c1-15(6-11(13)16)19(17,18)10-5-14-9-4-7(12)2-3-8(9)10/h2-5,14H,6,12H2,1H3,(H2,13,16). The predicted octanol–water partition coefficient (Wildman–Crippen LogP) is -0.144. The van der Waals surface area contributed by atoms with Crippen molar-refractivity contribution in [3.8, 4) is 0 Å². The zero-order valence-electron chi connectivity index (χ0n) is 10.3. The Labute approximate surface area is 110 Å². The number of anilines is 1. The average Bonchev–Trinajstić information content (AvgIpc) is 2.71. The second-order valence-electron chi connectivity index (χ2n) is 4.19. The maximum Gasteiger partial charge on any atom is 0.245 e. The van der Waals surface area contributed by atoms with Gasteiger partial charge in [0.1, 0.15) is 4.90 Å². The number of nitrogens with two attached hydrogens (primary N) is 2. The van der Waals surface area contributed by atoms with Gasteiger partial charge in [-0.05, 0) is 18.2 Å². The van der Waals surface area contributed by atoms with Crippen LogP contribution in [0.1, 0.15) is 0 Å². The highest BCUT2D eigenvalue weighted by atomic mass is 32.2. The minimum atomic E-state index is -3.77. The highest BCUT2D eigenvalue weighted by molar-refractivity contribution is 7.89. The Morgan fingerprint density at radius 3 is 2.74 bits per heavy atom. The van der Waals surface area contributed by atoms with Crippen molar-refractivity contribution in [2.75, 3.05) is 19.3 Å². The van der Waals surface area contributed by atoms with Gasteiger partial charge in [0, 0.05) is 29.8 Å². The first-order valence-electron chi connectivity index (χ1n) is 5.43. The largest absolute Gasteiger partial charge is 0.399 e. The molecule has 7 nitrogen and oxygen atoms in total. The molecule has 0 aliphatic carbocycles. The zero-order chi connectivity index (χ0) is 14.2. The Morgan fingerprint density at radius 1 is 1.42 bits per heavy atom. The first kappa shape index (κ1) is 13.4. The van der Waals surface area contributed by atoms with Gasteiger partial charge < -0.3 is 16.5 Å². The molecule has 0 saturated heterocycles. The van der Waals surface area contributed by atoms with Crippen molar-refractivity contribution in [2.45, 2.75) is 4.90 Å². The number of amides is 1. The fourth-order valence-electron chi connectivity index (χ4n) is 1.80. The Balaban J connectivity index is 2.52. The summed E-state index contributed by atoms with van der Waals surface area (Å²) < 4.78 is 25.5. The van der Waals surface area contributed by atoms with E-state index in [0.29, 0.717) is 16.6 Å². The molecular weight excluding hydrogens is 268 g/mol. The monoisotopic (exact) mass is 282 g/mol. The first-order valence-corrected chi connectivity index (χ1v) is 6.87. The van der Waals surface area contributed by atoms with E-state index in [1.165, 1.54) is 13.2 Å². The number of hydrogen-bond acceptors (Lipinski definition) is 4. The number of nitrogen functional groups attached to an aromatic ring is 1. The van der Waals surface area contributed by atoms with Crippen molar-refractivity contribution in [2.24, 2.45) is 5.73 Å². The lowest BCUT2D eigenvalue weighted by Gasteiger charge is -2.14. The lowest BCUT2D eigenvalue weighted by atomic mass is 10.2. The zero-order valence-corrected chi connectivity index (χ0v) is 11.1. The van der Waals surface area contributed by atoms with Crippen LogP contribution in [0.2, 0.25) is 0 Å². The van der Waals surface area contributed by atoms with Crippen molar-refractivity contribution in [1.82, 2.24) is 9.29 Å². The van der Waals surface area contributed by atoms with E-state index in [1.54, 1.807) is 18.2 Å². The molecule has 0 saturated carbocycles. The van der Waals surface area contributed by atoms with Gasteiger partial charge in [0.15, 0.2) is 0 Å². The van der Waals surface area contributed by atoms with Gasteiger partial charge in [-0.3, -0.25) is 4.79 Å². The van der Waals surface area contributed by atoms with Crippen LogP contribution in [0.25, 0.3) is 10.9 Å². The van der Waals surface area contributed by atoms with Gasteiger partial charge >= 0.3 is 0 Å². The summed E-state index contributed by atoms with van der Waals surface area (Å²) in [5.41, 5.74) is 11.8. The molecule has 0 aliphatic rings. The maximum absolute atomic E-state index is 12.3. The van der Waals surface area contributed by atoms with Crippen LogP contribution in [-0.2, 0) is 14.8 Å². The van der Waals surface area contributed by atoms with Crippen LogP contribution in [0.4, 0.5) is 5.69 Å². The molecule has 1 aromatic carbocycles. The van der Waals surface area contributed by atoms with E-state index in [4.69, 9.17) is 11.5 Å². The van der Waals surface area contributed by atoms with Crippen molar-refractivity contribution < 1.29 is 13.2 Å². The fraction of sp³-hybridized carbons (Fsp3) is 0.182. The number of nitrogens with one attached hydrogen (secondary N) is 1. The van der Waals surface area contributed by atoms with Crippen molar-refractivity contribution in [3.63, 3.8) is 0 Å². The summed E-state index contributed by atoms with van der Waals surface area (Å²) in [6.07, 6.45) is 1.37. The predicted molar refractivity (Wildman–Crippen MR) is 71.7 cm³/mol. The van der Waals surface area contributed by atoms with Crippen LogP contribution in [0.3, 0.4) is 0 Å². The summed E-state index contributed by atoms with van der Waals surface area (Å²) in [5.74, 6) is -0.713. The summed E-state index contributed by atoms with van der Waals surface area (Å²) in [5, 5.41) is 0.519. The van der Waals surface area contributed by atoms with Crippen LogP contribution >= 0.6 is 0 Å². The molecule has 1 amide bonds. The summed E-state index contributed by atoms with van der Waals surface area (Å²) in [4.78, 5) is 13.8. The average molecular weight is 282 g/mol. The Hall–Kier alpha value is -2.06. The number of rotatable bonds is 4. The van der Waals surface area contributed by atoms with Crippen LogP contribution in [0.5, 0.6) is 0 Å². The molecule has 0 aliphatic heterocycles. The van der Waals surface area contributed by atoms with Crippen molar-refractivity contribution >= 4 is 32.5 Å². The van der Waals surface area contributed by atoms with Gasteiger partial charge in [0.2, 0.25) is 15.9 Å². The topological polar surface area (TPSA) is 122 Å². The Morgan fingerprint density at radius 2 is 2.11 bits per heavy atom. The van der Waals surface area contributed by atoms with Crippen LogP contribution in [-0.4, -0.2) is 37.2 Å². The molecule has 1 aromatic heterocycles. The quantitative estimate of drug-likeness (QED) is 0.675. The molecule has 2 rings (SSSR count). The van der Waals surface area contributed by atoms with Crippen LogP contribution < -0.4 is 11.5 Å². The second-order valence-corrected chi connectivity index (χ2v) is 6.20. The number of benzene rings is 1. The van der Waals surface area contributed by atoms with Gasteiger partial charge in [0.25, 0.3) is 0 Å². The molecule has 8 heteroatoms. The lowest BCUT2D eigenvalue weighted by Crippen LogP contribution is -2.35. The van der Waals surface area contributed by atoms with Crippen molar-refractivity contribution in [1.29, 1.82) is 0 Å². The number of sulfonamides is 1. The summed E-state index contributed by atoms with van der Waals surface area (Å²) >= 11 is 0. The van der Waals surface area contributed by atoms with Crippen LogP contribution in [0, 0.1) is 0 Å². The normalized spacial score (nSPS) is 12.1. The number of nitrogens with zero attached hydrogens (tertiary/aromatic N) is 1. The van der Waals surface area contributed by atoms with Gasteiger partial charge in [-0.2, -0.15) is 4.31 Å². The van der Waals surface area contributed by atoms with Crippen LogP contribution in [0.15, 0.2) is 29.3 Å². The third-order valence-corrected chi connectivity index (χ3v) is 4.58. The number of aromatic nitrogens is 1. The maximum atomic E-state index is 12.3. The number of hydrogen-bond donors (Lipinski definition) is 3. The Bertz CT molecular complexity index is 735. The van der Waals surface area contributed by atoms with E-state index >= 15 is 0 Å². The first-order chi connectivity index (χ1) is 8.82. The van der Waals surface area contributed by atoms with Gasteiger partial charge in [-0.15, -0.1) is 0 Å². The molecule has 0 spiro atoms. The minimum absolute atomic E-state index is 0.0891. The third-order valence-electron chi connectivity index (χ3n) is 2.73. The smallest absolute Gasteiger partial charge is 0.245 e. The van der Waals surface area contributed by atoms with Gasteiger partial charge in [0.05, 0.1) is 6.54 Å². The molecule has 0 unspecified atom stereocenters. The number of carbonyl (C=O) groups is 1. The van der Waals surface area contributed by atoms with E-state index < -0.39 is 15.9 Å². The van der Waals surface area contributed by atoms with Crippen molar-refractivity contribution in [3.05, 3.63) is 24.4 Å². The number of carbonyl (C=O) groups excluding carboxylic acids is 1. The highest BCUT2D eigenvalue weighted by Gasteiger charge is 2.25. The molecule has 2 aromatic rings. The number of fused-ring (bicyclic) bond motifs is 1.